The molecule has 23 heavy (non-hydrogen) atoms. The lowest BCUT2D eigenvalue weighted by molar-refractivity contribution is 0.354. The topological polar surface area (TPSA) is 47.5 Å². The Balaban J connectivity index is 1.83. The molecule has 5 nitrogen and oxygen atoms in total. The molecule has 2 aromatic rings. The van der Waals surface area contributed by atoms with Gasteiger partial charge in [-0.1, -0.05) is 6.07 Å². The summed E-state index contributed by atoms with van der Waals surface area (Å²) in [6.07, 6.45) is 6.27. The van der Waals surface area contributed by atoms with Gasteiger partial charge in [0.05, 0.1) is 14.2 Å². The number of hydrogen-bond acceptors (Lipinski definition) is 5. The average molecular weight is 313 g/mol. The van der Waals surface area contributed by atoms with Gasteiger partial charge in [0.15, 0.2) is 11.5 Å². The molecule has 1 aliphatic carbocycles. The Morgan fingerprint density at radius 2 is 1.83 bits per heavy atom. The van der Waals surface area contributed by atoms with Gasteiger partial charge in [0.2, 0.25) is 0 Å². The van der Waals surface area contributed by atoms with Crippen LogP contribution in [0.25, 0.3) is 0 Å². The average Bonchev–Trinajstić information content (AvgIpc) is 2.61. The Bertz CT molecular complexity index is 688. The van der Waals surface area contributed by atoms with E-state index in [1.165, 1.54) is 24.1 Å². The van der Waals surface area contributed by atoms with E-state index in [0.29, 0.717) is 0 Å². The number of methoxy groups -OCH3 is 2. The van der Waals surface area contributed by atoms with Crippen molar-refractivity contribution in [3.05, 3.63) is 41.3 Å². The highest BCUT2D eigenvalue weighted by Gasteiger charge is 2.18. The first kappa shape index (κ1) is 15.6. The molecule has 0 bridgehead atoms. The minimum Gasteiger partial charge on any atom is -0.493 e. The smallest absolute Gasteiger partial charge is 0.161 e. The molecule has 1 aromatic heterocycles. The zero-order valence-electron chi connectivity index (χ0n) is 14.0. The van der Waals surface area contributed by atoms with Crippen LogP contribution in [0.1, 0.15) is 29.7 Å². The van der Waals surface area contributed by atoms with E-state index in [0.717, 1.165) is 42.3 Å². The number of fused-ring (bicyclic) bond motifs is 1. The van der Waals surface area contributed by atoms with Crippen LogP contribution in [0.2, 0.25) is 0 Å². The van der Waals surface area contributed by atoms with Crippen LogP contribution in [0.15, 0.2) is 24.5 Å². The third-order valence-corrected chi connectivity index (χ3v) is 4.33. The number of ether oxygens (including phenoxy) is 2. The first-order chi connectivity index (χ1) is 11.2. The van der Waals surface area contributed by atoms with Gasteiger partial charge in [-0.25, -0.2) is 9.97 Å². The summed E-state index contributed by atoms with van der Waals surface area (Å²) in [5, 5.41) is 0. The molecule has 0 radical (unpaired) electrons. The second-order valence-corrected chi connectivity index (χ2v) is 5.88. The molecule has 0 atom stereocenters. The number of rotatable bonds is 5. The number of aryl methyl sites for hydroxylation is 1. The molecule has 0 saturated heterocycles. The summed E-state index contributed by atoms with van der Waals surface area (Å²) in [5.74, 6) is 2.55. The van der Waals surface area contributed by atoms with Crippen LogP contribution >= 0.6 is 0 Å². The molecule has 0 N–H and O–H groups in total. The molecule has 0 aliphatic heterocycles. The lowest BCUT2D eigenvalue weighted by Gasteiger charge is -2.24. The minimum absolute atomic E-state index is 0.748. The summed E-state index contributed by atoms with van der Waals surface area (Å²) >= 11 is 0. The monoisotopic (exact) mass is 313 g/mol. The van der Waals surface area contributed by atoms with Crippen LogP contribution in [0.3, 0.4) is 0 Å². The van der Waals surface area contributed by atoms with Gasteiger partial charge < -0.3 is 14.4 Å². The minimum atomic E-state index is 0.748. The fourth-order valence-electron chi connectivity index (χ4n) is 3.16. The molecule has 0 fully saturated rings. The van der Waals surface area contributed by atoms with Crippen LogP contribution in [0.5, 0.6) is 11.5 Å². The molecule has 5 heteroatoms. The molecular formula is C18H23N3O2. The predicted octanol–water partition coefficient (Wildman–Crippen LogP) is 3.01. The molecule has 3 rings (SSSR count). The Hall–Kier alpha value is -2.30. The first-order valence-corrected chi connectivity index (χ1v) is 7.97. The van der Waals surface area contributed by atoms with Crippen molar-refractivity contribution in [1.29, 1.82) is 0 Å². The Kier molecular flexibility index (Phi) is 4.65. The maximum Gasteiger partial charge on any atom is 0.161 e. The maximum atomic E-state index is 5.39. The summed E-state index contributed by atoms with van der Waals surface area (Å²) in [5.41, 5.74) is 3.68. The lowest BCUT2D eigenvalue weighted by atomic mass is 9.96. The van der Waals surface area contributed by atoms with Crippen molar-refractivity contribution in [1.82, 2.24) is 9.97 Å². The van der Waals surface area contributed by atoms with Gasteiger partial charge in [-0.05, 0) is 43.4 Å². The SMILES string of the molecule is COc1ccc(CN(C)c2ncnc3c2CCCC3)cc1OC. The largest absolute Gasteiger partial charge is 0.493 e. The highest BCUT2D eigenvalue weighted by Crippen LogP contribution is 2.30. The van der Waals surface area contributed by atoms with E-state index >= 15 is 0 Å². The van der Waals surface area contributed by atoms with E-state index in [9.17, 15) is 0 Å². The van der Waals surface area contributed by atoms with Crippen molar-refractivity contribution in [2.75, 3.05) is 26.2 Å². The lowest BCUT2D eigenvalue weighted by Crippen LogP contribution is -2.22. The highest BCUT2D eigenvalue weighted by molar-refractivity contribution is 5.50. The summed E-state index contributed by atoms with van der Waals surface area (Å²) in [6.45, 7) is 0.768. The van der Waals surface area contributed by atoms with Gasteiger partial charge in [-0.3, -0.25) is 0 Å². The van der Waals surface area contributed by atoms with Gasteiger partial charge in [0, 0.05) is 24.8 Å². The summed E-state index contributed by atoms with van der Waals surface area (Å²) in [7, 11) is 5.39. The van der Waals surface area contributed by atoms with Crippen molar-refractivity contribution in [3.63, 3.8) is 0 Å². The normalized spacial score (nSPS) is 13.3. The zero-order valence-corrected chi connectivity index (χ0v) is 14.0. The van der Waals surface area contributed by atoms with E-state index in [1.54, 1.807) is 20.5 Å². The molecule has 1 aliphatic rings. The molecule has 1 aromatic carbocycles. The van der Waals surface area contributed by atoms with Crippen molar-refractivity contribution in [2.24, 2.45) is 0 Å². The standard InChI is InChI=1S/C18H23N3O2/c1-21(11-13-8-9-16(22-2)17(10-13)23-3)18-14-6-4-5-7-15(14)19-12-20-18/h8-10,12H,4-7,11H2,1-3H3. The van der Waals surface area contributed by atoms with E-state index in [-0.39, 0.29) is 0 Å². The second kappa shape index (κ2) is 6.86. The number of nitrogens with zero attached hydrogens (tertiary/aromatic N) is 3. The second-order valence-electron chi connectivity index (χ2n) is 5.88. The van der Waals surface area contributed by atoms with Gasteiger partial charge in [0.1, 0.15) is 12.1 Å². The van der Waals surface area contributed by atoms with Crippen LogP contribution in [-0.4, -0.2) is 31.2 Å². The van der Waals surface area contributed by atoms with Crippen LogP contribution in [-0.2, 0) is 19.4 Å². The number of benzene rings is 1. The fraction of sp³-hybridized carbons (Fsp3) is 0.444. The summed E-state index contributed by atoms with van der Waals surface area (Å²) in [4.78, 5) is 11.2. The van der Waals surface area contributed by atoms with Gasteiger partial charge in [0.25, 0.3) is 0 Å². The number of anilines is 1. The van der Waals surface area contributed by atoms with Crippen molar-refractivity contribution in [2.45, 2.75) is 32.2 Å². The molecule has 0 unspecified atom stereocenters. The zero-order chi connectivity index (χ0) is 16.2. The molecule has 0 amide bonds. The van der Waals surface area contributed by atoms with Crippen LogP contribution in [0.4, 0.5) is 5.82 Å². The number of hydrogen-bond donors (Lipinski definition) is 0. The van der Waals surface area contributed by atoms with E-state index in [2.05, 4.69) is 28.0 Å². The maximum absolute atomic E-state index is 5.39. The van der Waals surface area contributed by atoms with Gasteiger partial charge in [-0.2, -0.15) is 0 Å². The quantitative estimate of drug-likeness (QED) is 0.849. The molecule has 0 spiro atoms. The van der Waals surface area contributed by atoms with Crippen LogP contribution in [0, 0.1) is 0 Å². The number of aromatic nitrogens is 2. The Labute approximate surface area is 137 Å². The first-order valence-electron chi connectivity index (χ1n) is 7.97. The van der Waals surface area contributed by atoms with Crippen molar-refractivity contribution < 1.29 is 9.47 Å². The molecule has 1 heterocycles. The third kappa shape index (κ3) is 3.23. The molecule has 122 valence electrons. The Morgan fingerprint density at radius 3 is 2.61 bits per heavy atom. The predicted molar refractivity (Wildman–Crippen MR) is 90.3 cm³/mol. The summed E-state index contributed by atoms with van der Waals surface area (Å²) < 4.78 is 10.7. The van der Waals surface area contributed by atoms with Gasteiger partial charge >= 0.3 is 0 Å². The van der Waals surface area contributed by atoms with Crippen molar-refractivity contribution in [3.8, 4) is 11.5 Å². The highest BCUT2D eigenvalue weighted by atomic mass is 16.5. The Morgan fingerprint density at radius 1 is 1.04 bits per heavy atom. The van der Waals surface area contributed by atoms with Crippen LogP contribution < -0.4 is 14.4 Å². The van der Waals surface area contributed by atoms with E-state index in [1.807, 2.05) is 12.1 Å². The van der Waals surface area contributed by atoms with E-state index < -0.39 is 0 Å². The molecule has 0 saturated carbocycles. The summed E-state index contributed by atoms with van der Waals surface area (Å²) in [6, 6.07) is 6.02. The molecular weight excluding hydrogens is 290 g/mol. The van der Waals surface area contributed by atoms with Crippen molar-refractivity contribution >= 4 is 5.82 Å². The third-order valence-electron chi connectivity index (χ3n) is 4.33. The fourth-order valence-corrected chi connectivity index (χ4v) is 3.16. The van der Waals surface area contributed by atoms with E-state index in [4.69, 9.17) is 9.47 Å². The van der Waals surface area contributed by atoms with Gasteiger partial charge in [-0.15, -0.1) is 0 Å².